The van der Waals surface area contributed by atoms with Crippen LogP contribution in [-0.4, -0.2) is 32.6 Å². The number of hydrogen-bond acceptors (Lipinski definition) is 5. The molecule has 9 heteroatoms. The number of anilines is 3. The second kappa shape index (κ2) is 9.62. The van der Waals surface area contributed by atoms with Crippen LogP contribution in [-0.2, 0) is 19.6 Å². The quantitative estimate of drug-likeness (QED) is 0.535. The number of nitrogens with one attached hydrogen (secondary N) is 3. The number of carbonyl (C=O) groups is 2. The maximum atomic E-state index is 12.1. The van der Waals surface area contributed by atoms with E-state index in [-0.39, 0.29) is 30.1 Å². The standard InChI is InChI=1S/C21H25N3O5S/c1-2-12-30(27,28)24-17-10-8-16(9-11-17)22-20(25)14-29-19-5-3-4-18(13-19)23-21(26)15-6-7-15/h3-5,8-11,13,15,24H,2,6-7,12,14H2,1H3,(H,22,25)(H,23,26). The fourth-order valence-corrected chi connectivity index (χ4v) is 3.86. The molecule has 2 aromatic carbocycles. The SMILES string of the molecule is CCCS(=O)(=O)Nc1ccc(NC(=O)COc2cccc(NC(=O)C3CC3)c2)cc1. The van der Waals surface area contributed by atoms with Crippen molar-refractivity contribution in [2.45, 2.75) is 26.2 Å². The highest BCUT2D eigenvalue weighted by atomic mass is 32.2. The lowest BCUT2D eigenvalue weighted by Gasteiger charge is -2.10. The Labute approximate surface area is 176 Å². The van der Waals surface area contributed by atoms with E-state index in [0.29, 0.717) is 29.2 Å². The van der Waals surface area contributed by atoms with Crippen LogP contribution >= 0.6 is 0 Å². The summed E-state index contributed by atoms with van der Waals surface area (Å²) in [6.07, 6.45) is 2.38. The average Bonchev–Trinajstić information content (AvgIpc) is 3.53. The summed E-state index contributed by atoms with van der Waals surface area (Å²) in [5.74, 6) is 0.272. The zero-order valence-electron chi connectivity index (χ0n) is 16.7. The number of sulfonamides is 1. The monoisotopic (exact) mass is 431 g/mol. The maximum absolute atomic E-state index is 12.1. The number of ether oxygens (including phenoxy) is 1. The molecule has 0 aromatic heterocycles. The van der Waals surface area contributed by atoms with Crippen LogP contribution in [0.15, 0.2) is 48.5 Å². The molecule has 2 amide bonds. The van der Waals surface area contributed by atoms with Gasteiger partial charge in [0.1, 0.15) is 5.75 Å². The molecule has 1 aliphatic rings. The van der Waals surface area contributed by atoms with Gasteiger partial charge in [0, 0.05) is 29.0 Å². The number of carbonyl (C=O) groups excluding carboxylic acids is 2. The number of hydrogen-bond donors (Lipinski definition) is 3. The molecular formula is C21H25N3O5S. The van der Waals surface area contributed by atoms with Gasteiger partial charge < -0.3 is 15.4 Å². The first kappa shape index (κ1) is 21.6. The second-order valence-electron chi connectivity index (χ2n) is 7.13. The molecule has 1 fully saturated rings. The summed E-state index contributed by atoms with van der Waals surface area (Å²) in [7, 11) is -3.36. The minimum Gasteiger partial charge on any atom is -0.484 e. The van der Waals surface area contributed by atoms with Crippen LogP contribution in [0, 0.1) is 5.92 Å². The molecule has 0 atom stereocenters. The van der Waals surface area contributed by atoms with E-state index in [1.54, 1.807) is 55.5 Å². The summed E-state index contributed by atoms with van der Waals surface area (Å²) >= 11 is 0. The molecule has 3 N–H and O–H groups in total. The van der Waals surface area contributed by atoms with E-state index >= 15 is 0 Å². The molecule has 0 spiro atoms. The Morgan fingerprint density at radius 3 is 2.37 bits per heavy atom. The normalized spacial score (nSPS) is 13.4. The van der Waals surface area contributed by atoms with Gasteiger partial charge in [-0.3, -0.25) is 14.3 Å². The first-order valence-electron chi connectivity index (χ1n) is 9.79. The largest absolute Gasteiger partial charge is 0.484 e. The molecule has 8 nitrogen and oxygen atoms in total. The second-order valence-corrected chi connectivity index (χ2v) is 8.97. The molecule has 0 radical (unpaired) electrons. The van der Waals surface area contributed by atoms with Gasteiger partial charge in [0.2, 0.25) is 15.9 Å². The zero-order chi connectivity index (χ0) is 21.6. The van der Waals surface area contributed by atoms with Crippen molar-refractivity contribution in [1.29, 1.82) is 0 Å². The van der Waals surface area contributed by atoms with E-state index in [1.807, 2.05) is 0 Å². The third-order valence-corrected chi connectivity index (χ3v) is 5.83. The predicted molar refractivity (Wildman–Crippen MR) is 116 cm³/mol. The molecule has 1 aliphatic carbocycles. The van der Waals surface area contributed by atoms with Gasteiger partial charge in [-0.25, -0.2) is 8.42 Å². The summed E-state index contributed by atoms with van der Waals surface area (Å²) in [6, 6.07) is 13.3. The van der Waals surface area contributed by atoms with Crippen molar-refractivity contribution in [3.05, 3.63) is 48.5 Å². The smallest absolute Gasteiger partial charge is 0.262 e. The van der Waals surface area contributed by atoms with Crippen molar-refractivity contribution in [2.75, 3.05) is 27.7 Å². The molecular weight excluding hydrogens is 406 g/mol. The van der Waals surface area contributed by atoms with Crippen LogP contribution in [0.4, 0.5) is 17.1 Å². The molecule has 30 heavy (non-hydrogen) atoms. The Kier molecular flexibility index (Phi) is 6.94. The molecule has 160 valence electrons. The summed E-state index contributed by atoms with van der Waals surface area (Å²) in [5, 5.41) is 5.52. The Morgan fingerprint density at radius 1 is 1.00 bits per heavy atom. The lowest BCUT2D eigenvalue weighted by molar-refractivity contribution is -0.118. The zero-order valence-corrected chi connectivity index (χ0v) is 17.5. The maximum Gasteiger partial charge on any atom is 0.262 e. The fraction of sp³-hybridized carbons (Fsp3) is 0.333. The first-order chi connectivity index (χ1) is 14.3. The minimum atomic E-state index is -3.36. The highest BCUT2D eigenvalue weighted by molar-refractivity contribution is 7.92. The Morgan fingerprint density at radius 2 is 1.70 bits per heavy atom. The molecule has 0 saturated heterocycles. The number of amides is 2. The average molecular weight is 432 g/mol. The van der Waals surface area contributed by atoms with E-state index in [2.05, 4.69) is 15.4 Å². The Bertz CT molecular complexity index is 1000. The van der Waals surface area contributed by atoms with E-state index in [4.69, 9.17) is 4.74 Å². The van der Waals surface area contributed by atoms with Crippen LogP contribution in [0.25, 0.3) is 0 Å². The topological polar surface area (TPSA) is 114 Å². The van der Waals surface area contributed by atoms with E-state index in [1.165, 1.54) is 0 Å². The van der Waals surface area contributed by atoms with Gasteiger partial charge in [0.15, 0.2) is 6.61 Å². The first-order valence-corrected chi connectivity index (χ1v) is 11.4. The van der Waals surface area contributed by atoms with E-state index < -0.39 is 10.0 Å². The highest BCUT2D eigenvalue weighted by Gasteiger charge is 2.29. The number of benzene rings is 2. The molecule has 0 aliphatic heterocycles. The lowest BCUT2D eigenvalue weighted by atomic mass is 10.3. The van der Waals surface area contributed by atoms with Crippen LogP contribution in [0.1, 0.15) is 26.2 Å². The third-order valence-electron chi connectivity index (χ3n) is 4.33. The Hall–Kier alpha value is -3.07. The van der Waals surface area contributed by atoms with Crippen LogP contribution in [0.2, 0.25) is 0 Å². The summed E-state index contributed by atoms with van der Waals surface area (Å²) in [5.41, 5.74) is 1.58. The van der Waals surface area contributed by atoms with Crippen molar-refractivity contribution < 1.29 is 22.7 Å². The van der Waals surface area contributed by atoms with Crippen LogP contribution in [0.5, 0.6) is 5.75 Å². The summed E-state index contributed by atoms with van der Waals surface area (Å²) < 4.78 is 31.5. The van der Waals surface area contributed by atoms with Crippen molar-refractivity contribution in [2.24, 2.45) is 5.92 Å². The lowest BCUT2D eigenvalue weighted by Crippen LogP contribution is -2.20. The van der Waals surface area contributed by atoms with E-state index in [9.17, 15) is 18.0 Å². The molecule has 2 aromatic rings. The van der Waals surface area contributed by atoms with Crippen LogP contribution < -0.4 is 20.1 Å². The predicted octanol–water partition coefficient (Wildman–Crippen LogP) is 3.20. The van der Waals surface area contributed by atoms with Gasteiger partial charge >= 0.3 is 0 Å². The molecule has 0 heterocycles. The molecule has 3 rings (SSSR count). The van der Waals surface area contributed by atoms with Gasteiger partial charge in [-0.2, -0.15) is 0 Å². The van der Waals surface area contributed by atoms with Crippen molar-refractivity contribution in [3.63, 3.8) is 0 Å². The Balaban J connectivity index is 1.48. The van der Waals surface area contributed by atoms with Crippen molar-refractivity contribution in [1.82, 2.24) is 0 Å². The molecule has 1 saturated carbocycles. The fourth-order valence-electron chi connectivity index (χ4n) is 2.72. The van der Waals surface area contributed by atoms with Gasteiger partial charge in [-0.15, -0.1) is 0 Å². The molecule has 0 bridgehead atoms. The summed E-state index contributed by atoms with van der Waals surface area (Å²) in [6.45, 7) is 1.59. The van der Waals surface area contributed by atoms with Gasteiger partial charge in [-0.05, 0) is 55.7 Å². The van der Waals surface area contributed by atoms with Crippen molar-refractivity contribution in [3.8, 4) is 5.75 Å². The van der Waals surface area contributed by atoms with Crippen LogP contribution in [0.3, 0.4) is 0 Å². The number of rotatable bonds is 10. The van der Waals surface area contributed by atoms with E-state index in [0.717, 1.165) is 12.8 Å². The van der Waals surface area contributed by atoms with Gasteiger partial charge in [0.25, 0.3) is 5.91 Å². The van der Waals surface area contributed by atoms with Gasteiger partial charge in [0.05, 0.1) is 5.75 Å². The van der Waals surface area contributed by atoms with Gasteiger partial charge in [-0.1, -0.05) is 13.0 Å². The highest BCUT2D eigenvalue weighted by Crippen LogP contribution is 2.30. The minimum absolute atomic E-state index is 0.00493. The molecule has 0 unspecified atom stereocenters. The third kappa shape index (κ3) is 6.77. The summed E-state index contributed by atoms with van der Waals surface area (Å²) in [4.78, 5) is 24.0. The van der Waals surface area contributed by atoms with Crippen molar-refractivity contribution >= 4 is 38.9 Å².